The predicted octanol–water partition coefficient (Wildman–Crippen LogP) is 1.57. The first-order chi connectivity index (χ1) is 10.3. The molecule has 4 nitrogen and oxygen atoms in total. The quantitative estimate of drug-likeness (QED) is 0.803. The molecule has 130 valence electrons. The SMILES string of the molecule is CC(C)CN1CCO[C@H](CN[C@H]2CCN(CC(F)(F)F)C2)C1. The van der Waals surface area contributed by atoms with Crippen molar-refractivity contribution in [2.45, 2.75) is 38.6 Å². The van der Waals surface area contributed by atoms with Crippen molar-refractivity contribution in [1.82, 2.24) is 15.1 Å². The summed E-state index contributed by atoms with van der Waals surface area (Å²) in [6.07, 6.45) is -3.18. The van der Waals surface area contributed by atoms with Gasteiger partial charge in [-0.25, -0.2) is 0 Å². The fourth-order valence-corrected chi connectivity index (χ4v) is 3.28. The number of alkyl halides is 3. The van der Waals surface area contributed by atoms with Gasteiger partial charge in [-0.3, -0.25) is 9.80 Å². The Kier molecular flexibility index (Phi) is 6.49. The van der Waals surface area contributed by atoms with E-state index in [1.807, 2.05) is 0 Å². The monoisotopic (exact) mass is 323 g/mol. The highest BCUT2D eigenvalue weighted by molar-refractivity contribution is 4.84. The van der Waals surface area contributed by atoms with Crippen molar-refractivity contribution in [2.75, 3.05) is 52.4 Å². The van der Waals surface area contributed by atoms with Gasteiger partial charge in [0.15, 0.2) is 0 Å². The summed E-state index contributed by atoms with van der Waals surface area (Å²) >= 11 is 0. The molecule has 0 spiro atoms. The van der Waals surface area contributed by atoms with Crippen molar-refractivity contribution >= 4 is 0 Å². The van der Waals surface area contributed by atoms with E-state index in [1.165, 1.54) is 4.90 Å². The molecular weight excluding hydrogens is 295 g/mol. The molecule has 2 fully saturated rings. The van der Waals surface area contributed by atoms with Crippen LogP contribution in [-0.4, -0.2) is 80.5 Å². The van der Waals surface area contributed by atoms with Gasteiger partial charge in [0.25, 0.3) is 0 Å². The average Bonchev–Trinajstić information content (AvgIpc) is 2.81. The molecule has 0 saturated carbocycles. The van der Waals surface area contributed by atoms with E-state index >= 15 is 0 Å². The van der Waals surface area contributed by atoms with Crippen molar-refractivity contribution in [3.05, 3.63) is 0 Å². The number of ether oxygens (including phenoxy) is 1. The number of morpholine rings is 1. The molecule has 0 aliphatic carbocycles. The second kappa shape index (κ2) is 7.95. The maximum absolute atomic E-state index is 12.4. The van der Waals surface area contributed by atoms with Crippen LogP contribution in [0.5, 0.6) is 0 Å². The van der Waals surface area contributed by atoms with Gasteiger partial charge >= 0.3 is 6.18 Å². The van der Waals surface area contributed by atoms with Crippen LogP contribution in [0.15, 0.2) is 0 Å². The van der Waals surface area contributed by atoms with E-state index in [-0.39, 0.29) is 12.1 Å². The molecule has 2 saturated heterocycles. The van der Waals surface area contributed by atoms with Gasteiger partial charge in [0.1, 0.15) is 0 Å². The largest absolute Gasteiger partial charge is 0.401 e. The predicted molar refractivity (Wildman–Crippen MR) is 79.9 cm³/mol. The third kappa shape index (κ3) is 6.40. The van der Waals surface area contributed by atoms with Gasteiger partial charge in [0.2, 0.25) is 0 Å². The minimum atomic E-state index is -4.10. The molecule has 0 aromatic rings. The molecule has 2 aliphatic rings. The molecule has 0 radical (unpaired) electrons. The normalized spacial score (nSPS) is 28.6. The second-order valence-electron chi connectivity index (χ2n) is 6.89. The van der Waals surface area contributed by atoms with Crippen LogP contribution in [0.4, 0.5) is 13.2 Å². The number of likely N-dealkylation sites (tertiary alicyclic amines) is 1. The van der Waals surface area contributed by atoms with Crippen LogP contribution < -0.4 is 5.32 Å². The third-order valence-electron chi connectivity index (χ3n) is 4.16. The summed E-state index contributed by atoms with van der Waals surface area (Å²) in [7, 11) is 0. The van der Waals surface area contributed by atoms with Gasteiger partial charge in [-0.2, -0.15) is 13.2 Å². The van der Waals surface area contributed by atoms with Gasteiger partial charge in [-0.15, -0.1) is 0 Å². The van der Waals surface area contributed by atoms with Gasteiger partial charge in [-0.1, -0.05) is 13.8 Å². The summed E-state index contributed by atoms with van der Waals surface area (Å²) in [5, 5.41) is 3.38. The molecule has 2 rings (SSSR count). The van der Waals surface area contributed by atoms with Crippen LogP contribution in [0, 0.1) is 5.92 Å². The Balaban J connectivity index is 1.66. The lowest BCUT2D eigenvalue weighted by Gasteiger charge is -2.34. The summed E-state index contributed by atoms with van der Waals surface area (Å²) < 4.78 is 42.9. The molecule has 2 aliphatic heterocycles. The standard InChI is InChI=1S/C15H28F3N3O/c1-12(2)8-20-5-6-22-14(10-20)7-19-13-3-4-21(9-13)11-15(16,17)18/h12-14,19H,3-11H2,1-2H3/t13-,14+/m0/s1. The molecule has 2 heterocycles. The lowest BCUT2D eigenvalue weighted by atomic mass is 10.1. The van der Waals surface area contributed by atoms with E-state index in [9.17, 15) is 13.2 Å². The first-order valence-electron chi connectivity index (χ1n) is 8.18. The minimum Gasteiger partial charge on any atom is -0.374 e. The van der Waals surface area contributed by atoms with Crippen LogP contribution in [0.1, 0.15) is 20.3 Å². The Labute approximate surface area is 131 Å². The zero-order chi connectivity index (χ0) is 16.2. The molecule has 0 aromatic carbocycles. The summed E-state index contributed by atoms with van der Waals surface area (Å²) in [6, 6.07) is 0.145. The Morgan fingerprint density at radius 2 is 1.95 bits per heavy atom. The number of hydrogen-bond acceptors (Lipinski definition) is 4. The first kappa shape index (κ1) is 18.0. The average molecular weight is 323 g/mol. The first-order valence-corrected chi connectivity index (χ1v) is 8.18. The third-order valence-corrected chi connectivity index (χ3v) is 4.16. The van der Waals surface area contributed by atoms with Crippen LogP contribution in [0.25, 0.3) is 0 Å². The van der Waals surface area contributed by atoms with E-state index in [2.05, 4.69) is 24.1 Å². The summed E-state index contributed by atoms with van der Waals surface area (Å²) in [5.41, 5.74) is 0. The summed E-state index contributed by atoms with van der Waals surface area (Å²) in [4.78, 5) is 3.88. The van der Waals surface area contributed by atoms with Crippen molar-refractivity contribution in [2.24, 2.45) is 5.92 Å². The van der Waals surface area contributed by atoms with Crippen LogP contribution >= 0.6 is 0 Å². The zero-order valence-corrected chi connectivity index (χ0v) is 13.5. The lowest BCUT2D eigenvalue weighted by Crippen LogP contribution is -2.49. The molecule has 0 aromatic heterocycles. The number of halogens is 3. The van der Waals surface area contributed by atoms with Crippen molar-refractivity contribution in [3.63, 3.8) is 0 Å². The Morgan fingerprint density at radius 1 is 1.18 bits per heavy atom. The summed E-state index contributed by atoms with van der Waals surface area (Å²) in [6.45, 7) is 9.01. The van der Waals surface area contributed by atoms with Gasteiger partial charge in [0.05, 0.1) is 19.3 Å². The number of nitrogens with one attached hydrogen (secondary N) is 1. The van der Waals surface area contributed by atoms with Crippen molar-refractivity contribution in [1.29, 1.82) is 0 Å². The van der Waals surface area contributed by atoms with E-state index in [0.29, 0.717) is 19.0 Å². The topological polar surface area (TPSA) is 27.7 Å². The van der Waals surface area contributed by atoms with Crippen LogP contribution in [0.3, 0.4) is 0 Å². The molecule has 0 amide bonds. The van der Waals surface area contributed by atoms with E-state index in [0.717, 1.165) is 39.2 Å². The number of hydrogen-bond donors (Lipinski definition) is 1. The lowest BCUT2D eigenvalue weighted by molar-refractivity contribution is -0.143. The Bertz CT molecular complexity index is 338. The van der Waals surface area contributed by atoms with E-state index in [1.54, 1.807) is 0 Å². The minimum absolute atomic E-state index is 0.143. The molecule has 1 N–H and O–H groups in total. The molecular formula is C15H28F3N3O. The maximum atomic E-state index is 12.4. The molecule has 0 bridgehead atoms. The van der Waals surface area contributed by atoms with Crippen molar-refractivity contribution in [3.8, 4) is 0 Å². The highest BCUT2D eigenvalue weighted by Crippen LogP contribution is 2.20. The fourth-order valence-electron chi connectivity index (χ4n) is 3.28. The van der Waals surface area contributed by atoms with Gasteiger partial charge in [-0.05, 0) is 12.3 Å². The van der Waals surface area contributed by atoms with E-state index in [4.69, 9.17) is 4.74 Å². The van der Waals surface area contributed by atoms with Gasteiger partial charge in [0, 0.05) is 45.3 Å². The van der Waals surface area contributed by atoms with Crippen LogP contribution in [0.2, 0.25) is 0 Å². The Morgan fingerprint density at radius 3 is 2.64 bits per heavy atom. The molecule has 7 heteroatoms. The van der Waals surface area contributed by atoms with E-state index < -0.39 is 12.7 Å². The fraction of sp³-hybridized carbons (Fsp3) is 1.00. The molecule has 0 unspecified atom stereocenters. The second-order valence-corrected chi connectivity index (χ2v) is 6.89. The zero-order valence-electron chi connectivity index (χ0n) is 13.5. The maximum Gasteiger partial charge on any atom is 0.401 e. The number of nitrogens with zero attached hydrogens (tertiary/aromatic N) is 2. The highest BCUT2D eigenvalue weighted by Gasteiger charge is 2.34. The highest BCUT2D eigenvalue weighted by atomic mass is 19.4. The van der Waals surface area contributed by atoms with Crippen molar-refractivity contribution < 1.29 is 17.9 Å². The Hall–Kier alpha value is -0.370. The molecule has 2 atom stereocenters. The van der Waals surface area contributed by atoms with Crippen LogP contribution in [-0.2, 0) is 4.74 Å². The number of rotatable bonds is 6. The molecule has 22 heavy (non-hydrogen) atoms. The summed E-state index contributed by atoms with van der Waals surface area (Å²) in [5.74, 6) is 0.637. The van der Waals surface area contributed by atoms with Gasteiger partial charge < -0.3 is 10.1 Å². The smallest absolute Gasteiger partial charge is 0.374 e.